The van der Waals surface area contributed by atoms with Crippen molar-refractivity contribution in [1.29, 1.82) is 0 Å². The molecule has 2 heteroatoms. The van der Waals surface area contributed by atoms with Crippen LogP contribution < -0.4 is 9.80 Å². The van der Waals surface area contributed by atoms with Gasteiger partial charge < -0.3 is 9.80 Å². The molecule has 2 aromatic carbocycles. The first-order valence-electron chi connectivity index (χ1n) is 13.6. The first-order valence-corrected chi connectivity index (χ1v) is 13.6. The molecule has 2 aromatic rings. The average Bonchev–Trinajstić information content (AvgIpc) is 3.31. The van der Waals surface area contributed by atoms with Crippen molar-refractivity contribution in [2.24, 2.45) is 11.8 Å². The number of allylic oxidation sites excluding steroid dienone is 2. The molecular weight excluding hydrogens is 400 g/mol. The summed E-state index contributed by atoms with van der Waals surface area (Å²) in [5.74, 6) is 1.55. The molecule has 0 spiro atoms. The lowest BCUT2D eigenvalue weighted by atomic mass is 9.55. The van der Waals surface area contributed by atoms with Gasteiger partial charge in [0.1, 0.15) is 6.17 Å². The predicted molar refractivity (Wildman–Crippen MR) is 140 cm³/mol. The lowest BCUT2D eigenvalue weighted by Crippen LogP contribution is -2.46. The highest BCUT2D eigenvalue weighted by Gasteiger charge is 2.60. The lowest BCUT2D eigenvalue weighted by Gasteiger charge is -2.48. The average molecular weight is 441 g/mol. The highest BCUT2D eigenvalue weighted by atomic mass is 15.4. The molecule has 1 atom stereocenters. The number of rotatable bonds is 3. The maximum atomic E-state index is 2.76. The van der Waals surface area contributed by atoms with Crippen LogP contribution in [-0.4, -0.2) is 6.17 Å². The summed E-state index contributed by atoms with van der Waals surface area (Å²) >= 11 is 0. The van der Waals surface area contributed by atoms with Crippen molar-refractivity contribution in [2.75, 3.05) is 9.80 Å². The van der Waals surface area contributed by atoms with E-state index in [0.29, 0.717) is 6.17 Å². The molecule has 0 aromatic heterocycles. The standard InChI is InChI=1S/C31H40N2/c1-22-14-10-12-20-28(22)32-23(2)30-31(25-15-6-4-7-16-25,26-17-8-5-9-18-26)27-19-11-13-21-29(27)33(30)24(32)3/h10-14,19-21,24-26H,4-9,15-18H2,1-3H3. The third-order valence-corrected chi connectivity index (χ3v) is 9.57. The second kappa shape index (κ2) is 8.22. The van der Waals surface area contributed by atoms with E-state index in [1.807, 2.05) is 0 Å². The molecule has 174 valence electrons. The minimum Gasteiger partial charge on any atom is -0.322 e. The van der Waals surface area contributed by atoms with Gasteiger partial charge in [-0.3, -0.25) is 0 Å². The minimum atomic E-state index is 0.188. The monoisotopic (exact) mass is 440 g/mol. The Morgan fingerprint density at radius 1 is 0.667 bits per heavy atom. The summed E-state index contributed by atoms with van der Waals surface area (Å²) in [5, 5.41) is 0. The van der Waals surface area contributed by atoms with Gasteiger partial charge in [0.15, 0.2) is 0 Å². The number of benzene rings is 2. The summed E-state index contributed by atoms with van der Waals surface area (Å²) in [5.41, 5.74) is 9.26. The highest BCUT2D eigenvalue weighted by Crippen LogP contribution is 2.64. The van der Waals surface area contributed by atoms with Crippen LogP contribution in [0.2, 0.25) is 0 Å². The summed E-state index contributed by atoms with van der Waals surface area (Å²) in [6, 6.07) is 18.5. The van der Waals surface area contributed by atoms with Gasteiger partial charge in [0, 0.05) is 22.5 Å². The van der Waals surface area contributed by atoms with Crippen LogP contribution in [0, 0.1) is 18.8 Å². The Morgan fingerprint density at radius 3 is 1.82 bits per heavy atom. The largest absolute Gasteiger partial charge is 0.322 e. The van der Waals surface area contributed by atoms with E-state index < -0.39 is 0 Å². The number of hydrogen-bond donors (Lipinski definition) is 0. The van der Waals surface area contributed by atoms with E-state index >= 15 is 0 Å². The fourth-order valence-electron chi connectivity index (χ4n) is 8.34. The zero-order valence-electron chi connectivity index (χ0n) is 20.8. The van der Waals surface area contributed by atoms with E-state index in [1.54, 1.807) is 11.3 Å². The van der Waals surface area contributed by atoms with Crippen molar-refractivity contribution in [3.05, 3.63) is 71.1 Å². The van der Waals surface area contributed by atoms with Crippen molar-refractivity contribution in [2.45, 2.75) is 96.6 Å². The predicted octanol–water partition coefficient (Wildman–Crippen LogP) is 8.31. The van der Waals surface area contributed by atoms with E-state index in [2.05, 4.69) is 79.1 Å². The number of fused-ring (bicyclic) bond motifs is 3. The molecule has 2 aliphatic carbocycles. The molecule has 2 fully saturated rings. The zero-order chi connectivity index (χ0) is 22.6. The van der Waals surface area contributed by atoms with Crippen LogP contribution in [-0.2, 0) is 5.41 Å². The van der Waals surface area contributed by atoms with Crippen molar-refractivity contribution in [3.63, 3.8) is 0 Å². The molecule has 0 N–H and O–H groups in total. The summed E-state index contributed by atoms with van der Waals surface area (Å²) in [6.07, 6.45) is 14.4. The van der Waals surface area contributed by atoms with E-state index in [4.69, 9.17) is 0 Å². The van der Waals surface area contributed by atoms with Gasteiger partial charge in [-0.05, 0) is 81.5 Å². The van der Waals surface area contributed by atoms with Gasteiger partial charge >= 0.3 is 0 Å². The van der Waals surface area contributed by atoms with E-state index in [0.717, 1.165) is 11.8 Å². The van der Waals surface area contributed by atoms with Gasteiger partial charge in [-0.1, -0.05) is 74.9 Å². The fourth-order valence-corrected chi connectivity index (χ4v) is 8.34. The molecule has 0 amide bonds. The highest BCUT2D eigenvalue weighted by molar-refractivity contribution is 5.79. The molecular formula is C31H40N2. The SMILES string of the molecule is CC1=C2N(c3ccccc3C2(C2CCCCC2)C2CCCCC2)C(C)N1c1ccccc1C. The van der Waals surface area contributed by atoms with Crippen LogP contribution in [0.25, 0.3) is 0 Å². The summed E-state index contributed by atoms with van der Waals surface area (Å²) in [6.45, 7) is 7.13. The molecule has 4 aliphatic rings. The zero-order valence-corrected chi connectivity index (χ0v) is 20.8. The smallest absolute Gasteiger partial charge is 0.108 e. The molecule has 2 aliphatic heterocycles. The topological polar surface area (TPSA) is 6.48 Å². The summed E-state index contributed by atoms with van der Waals surface area (Å²) in [4.78, 5) is 5.42. The van der Waals surface area contributed by atoms with Crippen molar-refractivity contribution < 1.29 is 0 Å². The first kappa shape index (κ1) is 21.3. The van der Waals surface area contributed by atoms with Crippen LogP contribution in [0.3, 0.4) is 0 Å². The molecule has 2 heterocycles. The van der Waals surface area contributed by atoms with E-state index in [9.17, 15) is 0 Å². The lowest BCUT2D eigenvalue weighted by molar-refractivity contribution is 0.134. The molecule has 1 unspecified atom stereocenters. The van der Waals surface area contributed by atoms with Gasteiger partial charge in [0.2, 0.25) is 0 Å². The number of nitrogens with zero attached hydrogens (tertiary/aromatic N) is 2. The number of aryl methyl sites for hydroxylation is 1. The first-order chi connectivity index (χ1) is 16.2. The quantitative estimate of drug-likeness (QED) is 0.473. The Labute approximate surface area is 200 Å². The Bertz CT molecular complexity index is 1040. The van der Waals surface area contributed by atoms with Gasteiger partial charge in [-0.25, -0.2) is 0 Å². The molecule has 2 nitrogen and oxygen atoms in total. The minimum absolute atomic E-state index is 0.188. The van der Waals surface area contributed by atoms with Crippen LogP contribution >= 0.6 is 0 Å². The maximum Gasteiger partial charge on any atom is 0.108 e. The fraction of sp³-hybridized carbons (Fsp3) is 0.548. The molecule has 2 saturated carbocycles. The molecule has 0 radical (unpaired) electrons. The van der Waals surface area contributed by atoms with Gasteiger partial charge in [-0.15, -0.1) is 0 Å². The van der Waals surface area contributed by atoms with Crippen molar-refractivity contribution in [3.8, 4) is 0 Å². The van der Waals surface area contributed by atoms with Crippen molar-refractivity contribution in [1.82, 2.24) is 0 Å². The van der Waals surface area contributed by atoms with Gasteiger partial charge in [0.05, 0.1) is 5.70 Å². The number of hydrogen-bond acceptors (Lipinski definition) is 2. The Kier molecular flexibility index (Phi) is 5.31. The normalized spacial score (nSPS) is 25.5. The summed E-state index contributed by atoms with van der Waals surface area (Å²) in [7, 11) is 0. The van der Waals surface area contributed by atoms with Gasteiger partial charge in [0.25, 0.3) is 0 Å². The van der Waals surface area contributed by atoms with Crippen LogP contribution in [0.5, 0.6) is 0 Å². The number of anilines is 2. The van der Waals surface area contributed by atoms with E-state index in [1.165, 1.54) is 86.8 Å². The van der Waals surface area contributed by atoms with Crippen molar-refractivity contribution >= 4 is 11.4 Å². The molecule has 0 bridgehead atoms. The Morgan fingerprint density at radius 2 is 1.21 bits per heavy atom. The molecule has 33 heavy (non-hydrogen) atoms. The third-order valence-electron chi connectivity index (χ3n) is 9.57. The van der Waals surface area contributed by atoms with Crippen LogP contribution in [0.1, 0.15) is 89.2 Å². The van der Waals surface area contributed by atoms with E-state index in [-0.39, 0.29) is 5.41 Å². The Hall–Kier alpha value is -2.22. The maximum absolute atomic E-state index is 2.76. The second-order valence-corrected chi connectivity index (χ2v) is 11.1. The van der Waals surface area contributed by atoms with Gasteiger partial charge in [-0.2, -0.15) is 0 Å². The molecule has 0 saturated heterocycles. The molecule has 6 rings (SSSR count). The van der Waals surface area contributed by atoms with Crippen LogP contribution in [0.15, 0.2) is 59.9 Å². The Balaban J connectivity index is 1.61. The summed E-state index contributed by atoms with van der Waals surface area (Å²) < 4.78 is 0. The number of para-hydroxylation sites is 2. The van der Waals surface area contributed by atoms with Crippen LogP contribution in [0.4, 0.5) is 11.4 Å². The second-order valence-electron chi connectivity index (χ2n) is 11.1. The third kappa shape index (κ3) is 2.98.